The van der Waals surface area contributed by atoms with Gasteiger partial charge in [0.05, 0.1) is 12.8 Å². The molecule has 0 rings (SSSR count). The minimum atomic E-state index is -0.664. The van der Waals surface area contributed by atoms with Gasteiger partial charge in [-0.05, 0) is 0 Å². The summed E-state index contributed by atoms with van der Waals surface area (Å²) < 4.78 is 0. The van der Waals surface area contributed by atoms with E-state index in [9.17, 15) is 9.59 Å². The van der Waals surface area contributed by atoms with Crippen LogP contribution in [0.2, 0.25) is 0 Å². The molecule has 0 aliphatic carbocycles. The topological polar surface area (TPSA) is 105 Å². The Labute approximate surface area is 69.7 Å². The molecule has 12 heavy (non-hydrogen) atoms. The van der Waals surface area contributed by atoms with Gasteiger partial charge in [0, 0.05) is 13.1 Å². The van der Waals surface area contributed by atoms with Crippen LogP contribution in [-0.4, -0.2) is 25.0 Å². The first-order chi connectivity index (χ1) is 5.70. The van der Waals surface area contributed by atoms with Crippen LogP contribution in [0.4, 0.5) is 0 Å². The SMILES string of the molecule is NCCC(=O)OOC(=O)CCN. The van der Waals surface area contributed by atoms with Gasteiger partial charge in [-0.15, -0.1) is 0 Å². The highest BCUT2D eigenvalue weighted by Gasteiger charge is 2.07. The quantitative estimate of drug-likeness (QED) is 0.407. The summed E-state index contributed by atoms with van der Waals surface area (Å²) in [6.45, 7) is 0.320. The number of nitrogens with two attached hydrogens (primary N) is 2. The molecule has 0 spiro atoms. The van der Waals surface area contributed by atoms with E-state index in [1.807, 2.05) is 0 Å². The zero-order chi connectivity index (χ0) is 9.40. The van der Waals surface area contributed by atoms with E-state index in [1.54, 1.807) is 0 Å². The Kier molecular flexibility index (Phi) is 5.94. The van der Waals surface area contributed by atoms with E-state index in [1.165, 1.54) is 0 Å². The van der Waals surface area contributed by atoms with E-state index in [-0.39, 0.29) is 25.9 Å². The minimum Gasteiger partial charge on any atom is -0.330 e. The van der Waals surface area contributed by atoms with Crippen LogP contribution in [0.15, 0.2) is 0 Å². The fourth-order valence-electron chi connectivity index (χ4n) is 0.412. The maximum absolute atomic E-state index is 10.5. The molecule has 4 N–H and O–H groups in total. The standard InChI is InChI=1S/C6H12N2O4/c7-3-1-5(9)11-12-6(10)2-4-8/h1-4,7-8H2. The Morgan fingerprint density at radius 2 is 1.25 bits per heavy atom. The maximum atomic E-state index is 10.5. The zero-order valence-electron chi connectivity index (χ0n) is 6.62. The lowest BCUT2D eigenvalue weighted by molar-refractivity contribution is -0.258. The molecule has 0 aromatic rings. The summed E-state index contributed by atoms with van der Waals surface area (Å²) in [4.78, 5) is 29.2. The molecule has 70 valence electrons. The Morgan fingerprint density at radius 1 is 0.917 bits per heavy atom. The summed E-state index contributed by atoms with van der Waals surface area (Å²) in [7, 11) is 0. The molecular formula is C6H12N2O4. The van der Waals surface area contributed by atoms with E-state index >= 15 is 0 Å². The van der Waals surface area contributed by atoms with Crippen molar-refractivity contribution in [3.8, 4) is 0 Å². The van der Waals surface area contributed by atoms with Crippen LogP contribution in [-0.2, 0) is 19.4 Å². The average Bonchev–Trinajstić information content (AvgIpc) is 2.02. The molecule has 0 saturated carbocycles. The van der Waals surface area contributed by atoms with Gasteiger partial charge in [-0.1, -0.05) is 0 Å². The molecule has 0 bridgehead atoms. The number of hydrogen-bond acceptors (Lipinski definition) is 6. The molecule has 0 unspecified atom stereocenters. The van der Waals surface area contributed by atoms with Gasteiger partial charge in [-0.25, -0.2) is 19.4 Å². The maximum Gasteiger partial charge on any atom is 0.356 e. The van der Waals surface area contributed by atoms with Crippen LogP contribution in [0.25, 0.3) is 0 Å². The van der Waals surface area contributed by atoms with Crippen molar-refractivity contribution in [2.45, 2.75) is 12.8 Å². The molecule has 0 heterocycles. The number of carbonyl (C=O) groups is 2. The Balaban J connectivity index is 3.40. The van der Waals surface area contributed by atoms with E-state index in [4.69, 9.17) is 11.5 Å². The largest absolute Gasteiger partial charge is 0.356 e. The lowest BCUT2D eigenvalue weighted by Gasteiger charge is -2.00. The molecule has 0 fully saturated rings. The second kappa shape index (κ2) is 6.56. The van der Waals surface area contributed by atoms with Gasteiger partial charge in [-0.3, -0.25) is 0 Å². The first-order valence-electron chi connectivity index (χ1n) is 3.51. The van der Waals surface area contributed by atoms with Gasteiger partial charge in [0.1, 0.15) is 0 Å². The van der Waals surface area contributed by atoms with Crippen molar-refractivity contribution in [1.82, 2.24) is 0 Å². The van der Waals surface area contributed by atoms with Crippen molar-refractivity contribution in [3.05, 3.63) is 0 Å². The molecule has 0 atom stereocenters. The van der Waals surface area contributed by atoms with Crippen LogP contribution in [0, 0.1) is 0 Å². The molecule has 6 nitrogen and oxygen atoms in total. The number of hydrogen-bond donors (Lipinski definition) is 2. The van der Waals surface area contributed by atoms with Gasteiger partial charge in [0.25, 0.3) is 0 Å². The first-order valence-corrected chi connectivity index (χ1v) is 3.51. The monoisotopic (exact) mass is 176 g/mol. The molecule has 0 aromatic carbocycles. The molecule has 0 amide bonds. The van der Waals surface area contributed by atoms with Gasteiger partial charge in [0.15, 0.2) is 0 Å². The number of rotatable bonds is 4. The lowest BCUT2D eigenvalue weighted by atomic mass is 10.4. The Hall–Kier alpha value is -1.14. The Bertz CT molecular complexity index is 142. The summed E-state index contributed by atoms with van der Waals surface area (Å²) in [5.74, 6) is -1.33. The van der Waals surface area contributed by atoms with E-state index in [0.29, 0.717) is 0 Å². The zero-order valence-corrected chi connectivity index (χ0v) is 6.62. The van der Waals surface area contributed by atoms with Crippen LogP contribution >= 0.6 is 0 Å². The van der Waals surface area contributed by atoms with Crippen LogP contribution in [0.1, 0.15) is 12.8 Å². The summed E-state index contributed by atoms with van der Waals surface area (Å²) >= 11 is 0. The van der Waals surface area contributed by atoms with Crippen molar-refractivity contribution in [2.24, 2.45) is 11.5 Å². The smallest absolute Gasteiger partial charge is 0.330 e. The fourth-order valence-corrected chi connectivity index (χ4v) is 0.412. The van der Waals surface area contributed by atoms with Gasteiger partial charge < -0.3 is 11.5 Å². The second-order valence-electron chi connectivity index (χ2n) is 1.99. The Morgan fingerprint density at radius 3 is 1.50 bits per heavy atom. The van der Waals surface area contributed by atoms with Crippen molar-refractivity contribution in [3.63, 3.8) is 0 Å². The van der Waals surface area contributed by atoms with Crippen molar-refractivity contribution in [1.29, 1.82) is 0 Å². The summed E-state index contributed by atoms with van der Waals surface area (Å²) in [5.41, 5.74) is 10.1. The number of carbonyl (C=O) groups excluding carboxylic acids is 2. The summed E-state index contributed by atoms with van der Waals surface area (Å²) in [6, 6.07) is 0. The second-order valence-corrected chi connectivity index (χ2v) is 1.99. The van der Waals surface area contributed by atoms with Crippen LogP contribution < -0.4 is 11.5 Å². The van der Waals surface area contributed by atoms with Gasteiger partial charge >= 0.3 is 11.9 Å². The van der Waals surface area contributed by atoms with E-state index in [2.05, 4.69) is 9.78 Å². The predicted molar refractivity (Wildman–Crippen MR) is 39.5 cm³/mol. The van der Waals surface area contributed by atoms with Crippen molar-refractivity contribution >= 4 is 11.9 Å². The van der Waals surface area contributed by atoms with Crippen molar-refractivity contribution in [2.75, 3.05) is 13.1 Å². The minimum absolute atomic E-state index is 0.0237. The molecule has 0 aliphatic rings. The molecule has 0 aliphatic heterocycles. The third kappa shape index (κ3) is 5.63. The highest BCUT2D eigenvalue weighted by molar-refractivity contribution is 5.72. The predicted octanol–water partition coefficient (Wildman–Crippen LogP) is -1.31. The third-order valence-corrected chi connectivity index (χ3v) is 0.924. The van der Waals surface area contributed by atoms with Gasteiger partial charge in [0.2, 0.25) is 0 Å². The third-order valence-electron chi connectivity index (χ3n) is 0.924. The summed E-state index contributed by atoms with van der Waals surface area (Å²) in [6.07, 6.45) is 0.0474. The van der Waals surface area contributed by atoms with E-state index in [0.717, 1.165) is 0 Å². The molecular weight excluding hydrogens is 164 g/mol. The lowest BCUT2D eigenvalue weighted by Crippen LogP contribution is -2.16. The normalized spacial score (nSPS) is 9.17. The highest BCUT2D eigenvalue weighted by atomic mass is 17.2. The van der Waals surface area contributed by atoms with Crippen LogP contribution in [0.3, 0.4) is 0 Å². The van der Waals surface area contributed by atoms with Crippen LogP contribution in [0.5, 0.6) is 0 Å². The van der Waals surface area contributed by atoms with Crippen molar-refractivity contribution < 1.29 is 19.4 Å². The molecule has 6 heteroatoms. The molecule has 0 saturated heterocycles. The fraction of sp³-hybridized carbons (Fsp3) is 0.667. The average molecular weight is 176 g/mol. The van der Waals surface area contributed by atoms with Gasteiger partial charge in [-0.2, -0.15) is 0 Å². The first kappa shape index (κ1) is 10.9. The summed E-state index contributed by atoms with van der Waals surface area (Å²) in [5, 5.41) is 0. The molecule has 0 aromatic heterocycles. The molecule has 0 radical (unpaired) electrons. The highest BCUT2D eigenvalue weighted by Crippen LogP contribution is 1.89. The van der Waals surface area contributed by atoms with E-state index < -0.39 is 11.9 Å².